The number of carbonyl (C=O) groups excluding carboxylic acids is 1. The average molecular weight is 526 g/mol. The Morgan fingerprint density at radius 3 is 2.34 bits per heavy atom. The lowest BCUT2D eigenvalue weighted by atomic mass is 9.37. The summed E-state index contributed by atoms with van der Waals surface area (Å²) in [5.74, 6) is -1.58. The summed E-state index contributed by atoms with van der Waals surface area (Å²) >= 11 is 0. The Morgan fingerprint density at radius 1 is 1.03 bits per heavy atom. The van der Waals surface area contributed by atoms with Gasteiger partial charge in [0.15, 0.2) is 0 Å². The van der Waals surface area contributed by atoms with Crippen molar-refractivity contribution in [3.8, 4) is 0 Å². The van der Waals surface area contributed by atoms with Crippen molar-refractivity contribution in [2.24, 2.45) is 39.7 Å². The minimum absolute atomic E-state index is 0.0479. The molecular weight excluding hydrogens is 482 g/mol. The van der Waals surface area contributed by atoms with Crippen molar-refractivity contribution in [1.29, 1.82) is 0 Å². The summed E-state index contributed by atoms with van der Waals surface area (Å²) in [5, 5.41) is 32.9. The van der Waals surface area contributed by atoms with Crippen molar-refractivity contribution in [1.82, 2.24) is 0 Å². The molecule has 1 aromatic carbocycles. The number of carboxylic acid groups (broad SMARTS) is 1. The zero-order chi connectivity index (χ0) is 27.6. The van der Waals surface area contributed by atoms with Crippen LogP contribution in [0.2, 0.25) is 0 Å². The van der Waals surface area contributed by atoms with Crippen LogP contribution in [0.5, 0.6) is 0 Å². The fourth-order valence-corrected chi connectivity index (χ4v) is 9.71. The molecule has 0 aromatic heterocycles. The minimum Gasteiger partial charge on any atom is -0.478 e. The van der Waals surface area contributed by atoms with E-state index in [0.717, 1.165) is 24.8 Å². The smallest absolute Gasteiger partial charge is 0.332 e. The third-order valence-electron chi connectivity index (χ3n) is 11.5. The van der Waals surface area contributed by atoms with Gasteiger partial charge in [-0.25, -0.2) is 4.79 Å². The van der Waals surface area contributed by atoms with Crippen molar-refractivity contribution < 1.29 is 29.6 Å². The molecule has 0 amide bonds. The monoisotopic (exact) mass is 525 g/mol. The molecule has 0 heterocycles. The number of ether oxygens (including phenoxy) is 1. The van der Waals surface area contributed by atoms with E-state index < -0.39 is 30.3 Å². The van der Waals surface area contributed by atoms with Crippen LogP contribution in [0.4, 0.5) is 0 Å². The van der Waals surface area contributed by atoms with Crippen LogP contribution in [-0.2, 0) is 20.7 Å². The highest BCUT2D eigenvalue weighted by Gasteiger charge is 2.71. The SMILES string of the molecule is CC(=O)O[C@H]1C[C@@]2(C)C(C[C@@H](O)[C@H]3[C@@]4(C)CC[C@@H](O)[C@@H](N)[C@@H]4CC[C@@]32C)/C1=C(\Cc1ccccc1)C(=O)O. The third kappa shape index (κ3) is 3.96. The summed E-state index contributed by atoms with van der Waals surface area (Å²) < 4.78 is 5.88. The van der Waals surface area contributed by atoms with Gasteiger partial charge in [0.25, 0.3) is 0 Å². The fraction of sp³-hybridized carbons (Fsp3) is 0.677. The Labute approximate surface area is 225 Å². The number of carbonyl (C=O) groups is 2. The number of benzene rings is 1. The molecule has 208 valence electrons. The van der Waals surface area contributed by atoms with Crippen molar-refractivity contribution in [3.05, 3.63) is 47.0 Å². The summed E-state index contributed by atoms with van der Waals surface area (Å²) in [4.78, 5) is 25.0. The van der Waals surface area contributed by atoms with Gasteiger partial charge in [0.05, 0.1) is 12.2 Å². The molecule has 4 aliphatic rings. The molecule has 7 heteroatoms. The lowest BCUT2D eigenvalue weighted by Gasteiger charge is -2.68. The summed E-state index contributed by atoms with van der Waals surface area (Å²) in [6.45, 7) is 8.10. The first-order chi connectivity index (χ1) is 17.8. The maximum Gasteiger partial charge on any atom is 0.332 e. The molecule has 0 radical (unpaired) electrons. The second-order valence-corrected chi connectivity index (χ2v) is 13.2. The molecular formula is C31H43NO6. The zero-order valence-electron chi connectivity index (χ0n) is 23.0. The van der Waals surface area contributed by atoms with Gasteiger partial charge in [-0.05, 0) is 83.7 Å². The zero-order valence-corrected chi connectivity index (χ0v) is 23.0. The number of esters is 1. The fourth-order valence-electron chi connectivity index (χ4n) is 9.71. The largest absolute Gasteiger partial charge is 0.478 e. The van der Waals surface area contributed by atoms with Gasteiger partial charge in [0, 0.05) is 25.0 Å². The number of fused-ring (bicyclic) bond motifs is 5. The van der Waals surface area contributed by atoms with E-state index in [-0.39, 0.29) is 52.0 Å². The molecule has 4 fully saturated rings. The highest BCUT2D eigenvalue weighted by molar-refractivity contribution is 5.89. The van der Waals surface area contributed by atoms with Gasteiger partial charge in [0.1, 0.15) is 6.10 Å². The van der Waals surface area contributed by atoms with E-state index in [4.69, 9.17) is 10.5 Å². The molecule has 0 aliphatic heterocycles. The van der Waals surface area contributed by atoms with Gasteiger partial charge in [-0.15, -0.1) is 0 Å². The predicted molar refractivity (Wildman–Crippen MR) is 143 cm³/mol. The molecule has 0 saturated heterocycles. The van der Waals surface area contributed by atoms with E-state index >= 15 is 0 Å². The summed E-state index contributed by atoms with van der Waals surface area (Å²) in [6, 6.07) is 9.19. The molecule has 4 saturated carbocycles. The Bertz CT molecular complexity index is 1130. The number of carboxylic acids is 1. The number of hydrogen-bond acceptors (Lipinski definition) is 6. The number of hydrogen-bond donors (Lipinski definition) is 4. The topological polar surface area (TPSA) is 130 Å². The van der Waals surface area contributed by atoms with Crippen LogP contribution in [-0.4, -0.2) is 51.6 Å². The molecule has 4 aliphatic carbocycles. The molecule has 1 unspecified atom stereocenters. The summed E-state index contributed by atoms with van der Waals surface area (Å²) in [7, 11) is 0. The standard InChI is InChI=1S/C31H43NO6/c1-17(33)38-24-16-31(4)21(25(24)19(28(36)37)14-18-8-6-5-7-9-18)15-23(35)27-29(2)12-11-22(34)26(32)20(29)10-13-30(27,31)3/h5-9,20-24,26-27,34-35H,10-16,32H2,1-4H3,(H,36,37)/b25-19-/t20-,21?,22+,23+,24-,26-,27-,29-,30-,31-/m0/s1. The van der Waals surface area contributed by atoms with Crippen molar-refractivity contribution >= 4 is 11.9 Å². The average Bonchev–Trinajstić information content (AvgIpc) is 3.12. The number of nitrogens with two attached hydrogens (primary N) is 1. The van der Waals surface area contributed by atoms with E-state index in [1.807, 2.05) is 30.3 Å². The second-order valence-electron chi connectivity index (χ2n) is 13.2. The summed E-state index contributed by atoms with van der Waals surface area (Å²) in [6.07, 6.45) is 2.48. The highest BCUT2D eigenvalue weighted by atomic mass is 16.5. The van der Waals surface area contributed by atoms with E-state index in [0.29, 0.717) is 24.8 Å². The molecule has 0 spiro atoms. The van der Waals surface area contributed by atoms with Crippen LogP contribution in [0.1, 0.15) is 71.8 Å². The molecule has 1 aromatic rings. The van der Waals surface area contributed by atoms with E-state index in [1.165, 1.54) is 6.92 Å². The van der Waals surface area contributed by atoms with Crippen LogP contribution >= 0.6 is 0 Å². The van der Waals surface area contributed by atoms with Crippen LogP contribution < -0.4 is 5.73 Å². The third-order valence-corrected chi connectivity index (χ3v) is 11.5. The first-order valence-corrected chi connectivity index (χ1v) is 14.1. The predicted octanol–water partition coefficient (Wildman–Crippen LogP) is 3.85. The Balaban J connectivity index is 1.63. The van der Waals surface area contributed by atoms with Gasteiger partial charge < -0.3 is 25.8 Å². The second kappa shape index (κ2) is 9.46. The van der Waals surface area contributed by atoms with Crippen LogP contribution in [0, 0.1) is 34.0 Å². The highest BCUT2D eigenvalue weighted by Crippen LogP contribution is 2.74. The molecule has 7 nitrogen and oxygen atoms in total. The number of rotatable bonds is 4. The molecule has 38 heavy (non-hydrogen) atoms. The van der Waals surface area contributed by atoms with Crippen LogP contribution in [0.25, 0.3) is 0 Å². The Hall–Kier alpha value is -2.22. The van der Waals surface area contributed by atoms with Gasteiger partial charge in [-0.3, -0.25) is 4.79 Å². The van der Waals surface area contributed by atoms with Gasteiger partial charge >= 0.3 is 11.9 Å². The lowest BCUT2D eigenvalue weighted by molar-refractivity contribution is -0.227. The Morgan fingerprint density at radius 2 is 1.71 bits per heavy atom. The van der Waals surface area contributed by atoms with E-state index in [2.05, 4.69) is 20.8 Å². The minimum atomic E-state index is -1.00. The molecule has 10 atom stereocenters. The number of aliphatic carboxylic acids is 1. The first kappa shape index (κ1) is 27.4. The lowest BCUT2D eigenvalue weighted by Crippen LogP contribution is -2.67. The van der Waals surface area contributed by atoms with E-state index in [1.54, 1.807) is 0 Å². The maximum atomic E-state index is 12.8. The Kier molecular flexibility index (Phi) is 6.81. The summed E-state index contributed by atoms with van der Waals surface area (Å²) in [5.41, 5.74) is 7.44. The van der Waals surface area contributed by atoms with Crippen molar-refractivity contribution in [2.75, 3.05) is 0 Å². The van der Waals surface area contributed by atoms with Gasteiger partial charge in [-0.1, -0.05) is 51.1 Å². The van der Waals surface area contributed by atoms with Gasteiger partial charge in [0.2, 0.25) is 0 Å². The number of aliphatic hydroxyl groups excluding tert-OH is 2. The maximum absolute atomic E-state index is 12.8. The van der Waals surface area contributed by atoms with Crippen LogP contribution in [0.15, 0.2) is 41.5 Å². The first-order valence-electron chi connectivity index (χ1n) is 14.1. The molecule has 5 N–H and O–H groups in total. The molecule has 0 bridgehead atoms. The quantitative estimate of drug-likeness (QED) is 0.347. The van der Waals surface area contributed by atoms with E-state index in [9.17, 15) is 24.9 Å². The van der Waals surface area contributed by atoms with Gasteiger partial charge in [-0.2, -0.15) is 0 Å². The normalized spacial score (nSPS) is 45.4. The molecule has 5 rings (SSSR count). The van der Waals surface area contributed by atoms with Crippen LogP contribution in [0.3, 0.4) is 0 Å². The van der Waals surface area contributed by atoms with Crippen molar-refractivity contribution in [2.45, 2.75) is 97.0 Å². The number of aliphatic hydroxyl groups is 2. The van der Waals surface area contributed by atoms with Crippen molar-refractivity contribution in [3.63, 3.8) is 0 Å².